The molecule has 2 fully saturated rings. The standard InChI is InChI=1S/C14H14BrNO.C13H23N3O2/c15-12-5-11-2-1-9-6-13(17)4-3-10(9)7-14(11)16-8-12;14-13(18)16-8-4-11(5-9-16)10-12(17)15-6-2-1-3-7-15/h3-6,8,14,16-17H,1-2,7H2;11H,1-10H2,(H2,14,18). The van der Waals surface area contributed by atoms with E-state index in [0.717, 1.165) is 62.5 Å². The Morgan fingerprint density at radius 3 is 2.49 bits per heavy atom. The van der Waals surface area contributed by atoms with Crippen LogP contribution in [0.2, 0.25) is 0 Å². The minimum Gasteiger partial charge on any atom is -0.508 e. The van der Waals surface area contributed by atoms with Crippen molar-refractivity contribution < 1.29 is 14.7 Å². The van der Waals surface area contributed by atoms with Crippen molar-refractivity contribution in [3.63, 3.8) is 0 Å². The molecule has 2 saturated heterocycles. The molecule has 190 valence electrons. The minimum absolute atomic E-state index is 0.298. The number of likely N-dealkylation sites (tertiary alicyclic amines) is 2. The Morgan fingerprint density at radius 1 is 1.03 bits per heavy atom. The summed E-state index contributed by atoms with van der Waals surface area (Å²) in [6.45, 7) is 3.26. The van der Waals surface area contributed by atoms with Gasteiger partial charge in [0, 0.05) is 43.3 Å². The smallest absolute Gasteiger partial charge is 0.314 e. The first-order valence-electron chi connectivity index (χ1n) is 12.8. The maximum Gasteiger partial charge on any atom is 0.314 e. The molecule has 1 unspecified atom stereocenters. The molecule has 0 bridgehead atoms. The lowest BCUT2D eigenvalue weighted by molar-refractivity contribution is -0.133. The average molecular weight is 546 g/mol. The van der Waals surface area contributed by atoms with Crippen LogP contribution in [0.5, 0.6) is 5.75 Å². The Balaban J connectivity index is 0.000000165. The van der Waals surface area contributed by atoms with E-state index in [0.29, 0.717) is 43.1 Å². The number of allylic oxidation sites excluding steroid dienone is 2. The van der Waals surface area contributed by atoms with Crippen LogP contribution < -0.4 is 11.1 Å². The van der Waals surface area contributed by atoms with Gasteiger partial charge in [0.05, 0.1) is 6.04 Å². The second-order valence-electron chi connectivity index (χ2n) is 10.0. The van der Waals surface area contributed by atoms with Gasteiger partial charge in [-0.3, -0.25) is 4.79 Å². The number of fused-ring (bicyclic) bond motifs is 2. The first-order chi connectivity index (χ1) is 16.9. The van der Waals surface area contributed by atoms with Crippen molar-refractivity contribution in [3.8, 4) is 5.75 Å². The highest BCUT2D eigenvalue weighted by molar-refractivity contribution is 9.11. The number of nitrogens with zero attached hydrogens (tertiary/aromatic N) is 2. The van der Waals surface area contributed by atoms with Crippen LogP contribution >= 0.6 is 15.9 Å². The van der Waals surface area contributed by atoms with E-state index < -0.39 is 0 Å². The molecule has 3 amide bonds. The van der Waals surface area contributed by atoms with Gasteiger partial charge in [-0.15, -0.1) is 0 Å². The first-order valence-corrected chi connectivity index (χ1v) is 13.6. The van der Waals surface area contributed by atoms with Crippen LogP contribution in [0.15, 0.2) is 40.5 Å². The zero-order valence-corrected chi connectivity index (χ0v) is 21.9. The van der Waals surface area contributed by atoms with Gasteiger partial charge in [-0.05, 0) is 108 Å². The van der Waals surface area contributed by atoms with Crippen molar-refractivity contribution in [3.05, 3.63) is 51.7 Å². The third kappa shape index (κ3) is 7.03. The summed E-state index contributed by atoms with van der Waals surface area (Å²) in [6, 6.07) is 5.79. The summed E-state index contributed by atoms with van der Waals surface area (Å²) >= 11 is 3.50. The summed E-state index contributed by atoms with van der Waals surface area (Å²) in [5.41, 5.74) is 9.30. The van der Waals surface area contributed by atoms with E-state index in [4.69, 9.17) is 5.73 Å². The number of carbonyl (C=O) groups excluding carboxylic acids is 2. The summed E-state index contributed by atoms with van der Waals surface area (Å²) < 4.78 is 1.11. The van der Waals surface area contributed by atoms with Gasteiger partial charge in [-0.1, -0.05) is 6.07 Å². The Hall–Kier alpha value is -2.48. The molecule has 1 atom stereocenters. The SMILES string of the molecule is NC(=O)N1CCC(CC(=O)N2CCCCC2)CC1.Oc1ccc2c(c1)CCC1=CC(Br)=CNC1C2. The van der Waals surface area contributed by atoms with Crippen LogP contribution in [0.1, 0.15) is 56.1 Å². The van der Waals surface area contributed by atoms with Gasteiger partial charge in [-0.2, -0.15) is 0 Å². The number of phenolic OH excluding ortho intramolecular Hbond substituents is 1. The molecule has 0 radical (unpaired) electrons. The molecular weight excluding hydrogens is 508 g/mol. The molecule has 3 heterocycles. The fourth-order valence-electron chi connectivity index (χ4n) is 5.46. The molecule has 7 nitrogen and oxygen atoms in total. The summed E-state index contributed by atoms with van der Waals surface area (Å²) in [5.74, 6) is 1.09. The Labute approximate surface area is 216 Å². The van der Waals surface area contributed by atoms with Crippen molar-refractivity contribution in [1.82, 2.24) is 15.1 Å². The van der Waals surface area contributed by atoms with E-state index >= 15 is 0 Å². The number of urea groups is 1. The predicted molar refractivity (Wildman–Crippen MR) is 141 cm³/mol. The zero-order valence-electron chi connectivity index (χ0n) is 20.3. The van der Waals surface area contributed by atoms with Crippen LogP contribution in [-0.4, -0.2) is 59.1 Å². The van der Waals surface area contributed by atoms with E-state index in [1.54, 1.807) is 11.0 Å². The molecule has 3 aliphatic heterocycles. The number of hydrogen-bond acceptors (Lipinski definition) is 4. The van der Waals surface area contributed by atoms with Gasteiger partial charge >= 0.3 is 6.03 Å². The number of phenols is 1. The van der Waals surface area contributed by atoms with Crippen LogP contribution in [0, 0.1) is 5.92 Å². The number of halogens is 1. The Kier molecular flexibility index (Phi) is 8.76. The molecule has 35 heavy (non-hydrogen) atoms. The van der Waals surface area contributed by atoms with Gasteiger partial charge in [0.15, 0.2) is 0 Å². The van der Waals surface area contributed by atoms with E-state index in [2.05, 4.69) is 27.3 Å². The van der Waals surface area contributed by atoms with Crippen molar-refractivity contribution in [2.75, 3.05) is 26.2 Å². The molecule has 4 aliphatic rings. The van der Waals surface area contributed by atoms with Gasteiger partial charge in [-0.25, -0.2) is 4.79 Å². The first kappa shape index (κ1) is 25.6. The molecule has 1 aliphatic carbocycles. The topological polar surface area (TPSA) is 98.9 Å². The molecule has 1 aromatic rings. The zero-order chi connectivity index (χ0) is 24.8. The fourth-order valence-corrected chi connectivity index (χ4v) is 5.89. The largest absolute Gasteiger partial charge is 0.508 e. The van der Waals surface area contributed by atoms with Crippen LogP contribution in [-0.2, 0) is 17.6 Å². The number of carbonyl (C=O) groups is 2. The molecule has 0 aromatic heterocycles. The lowest BCUT2D eigenvalue weighted by atomic mass is 9.93. The molecule has 4 N–H and O–H groups in total. The van der Waals surface area contributed by atoms with Gasteiger partial charge in [0.2, 0.25) is 5.91 Å². The van der Waals surface area contributed by atoms with E-state index in [1.807, 2.05) is 23.2 Å². The average Bonchev–Trinajstić information content (AvgIpc) is 3.04. The number of amides is 3. The van der Waals surface area contributed by atoms with Gasteiger partial charge < -0.3 is 26.0 Å². The highest BCUT2D eigenvalue weighted by Gasteiger charge is 2.26. The second-order valence-corrected chi connectivity index (χ2v) is 11.0. The van der Waals surface area contributed by atoms with Crippen molar-refractivity contribution >= 4 is 27.9 Å². The number of aryl methyl sites for hydroxylation is 1. The number of hydrogen-bond donors (Lipinski definition) is 3. The summed E-state index contributed by atoms with van der Waals surface area (Å²) in [4.78, 5) is 26.8. The maximum atomic E-state index is 12.1. The van der Waals surface area contributed by atoms with Gasteiger partial charge in [0.25, 0.3) is 0 Å². The van der Waals surface area contributed by atoms with E-state index in [9.17, 15) is 14.7 Å². The number of piperidine rings is 2. The number of benzene rings is 1. The lowest BCUT2D eigenvalue weighted by Gasteiger charge is -2.32. The number of rotatable bonds is 2. The van der Waals surface area contributed by atoms with Gasteiger partial charge in [0.1, 0.15) is 5.75 Å². The molecular formula is C27H37BrN4O3. The van der Waals surface area contributed by atoms with Crippen LogP contribution in [0.4, 0.5) is 4.79 Å². The lowest BCUT2D eigenvalue weighted by Crippen LogP contribution is -2.43. The van der Waals surface area contributed by atoms with Crippen LogP contribution in [0.25, 0.3) is 0 Å². The summed E-state index contributed by atoms with van der Waals surface area (Å²) in [6.07, 6.45) is 13.3. The third-order valence-electron chi connectivity index (χ3n) is 7.59. The van der Waals surface area contributed by atoms with E-state index in [1.165, 1.54) is 23.1 Å². The quantitative estimate of drug-likeness (QED) is 0.519. The Bertz CT molecular complexity index is 979. The van der Waals surface area contributed by atoms with Crippen LogP contribution in [0.3, 0.4) is 0 Å². The van der Waals surface area contributed by atoms with Crippen molar-refractivity contribution in [1.29, 1.82) is 0 Å². The van der Waals surface area contributed by atoms with E-state index in [-0.39, 0.29) is 6.03 Å². The number of primary amides is 1. The molecule has 1 aromatic carbocycles. The third-order valence-corrected chi connectivity index (χ3v) is 8.05. The number of nitrogens with one attached hydrogen (secondary N) is 1. The highest BCUT2D eigenvalue weighted by Crippen LogP contribution is 2.30. The monoisotopic (exact) mass is 544 g/mol. The molecule has 0 spiro atoms. The summed E-state index contributed by atoms with van der Waals surface area (Å²) in [7, 11) is 0. The number of dihydropyridines is 1. The van der Waals surface area contributed by atoms with Crippen molar-refractivity contribution in [2.24, 2.45) is 11.7 Å². The number of aromatic hydroxyl groups is 1. The number of nitrogens with two attached hydrogens (primary N) is 1. The second kappa shape index (κ2) is 12.0. The van der Waals surface area contributed by atoms with Crippen molar-refractivity contribution in [2.45, 2.75) is 63.8 Å². The predicted octanol–water partition coefficient (Wildman–Crippen LogP) is 4.20. The normalized spacial score (nSPS) is 22.3. The maximum absolute atomic E-state index is 12.1. The molecule has 8 heteroatoms. The molecule has 5 rings (SSSR count). The summed E-state index contributed by atoms with van der Waals surface area (Å²) in [5, 5.41) is 13.0. The Morgan fingerprint density at radius 2 is 1.77 bits per heavy atom. The molecule has 0 saturated carbocycles. The fraction of sp³-hybridized carbons (Fsp3) is 0.556. The minimum atomic E-state index is -0.337. The highest BCUT2D eigenvalue weighted by atomic mass is 79.9.